The zero-order valence-electron chi connectivity index (χ0n) is 12.5. The van der Waals surface area contributed by atoms with Crippen LogP contribution in [0.3, 0.4) is 0 Å². The van der Waals surface area contributed by atoms with Crippen LogP contribution in [-0.2, 0) is 0 Å². The molecule has 0 bridgehead atoms. The molecule has 0 aromatic rings. The van der Waals surface area contributed by atoms with Gasteiger partial charge in [0, 0.05) is 6.54 Å². The molecular formula is C16H31NO. The SMILES string of the molecule is CCCC1CCN(CC2CCC(C)(C)C2O)CC1. The Kier molecular flexibility index (Phi) is 4.71. The molecule has 0 amide bonds. The summed E-state index contributed by atoms with van der Waals surface area (Å²) in [6.45, 7) is 10.4. The Morgan fingerprint density at radius 1 is 1.17 bits per heavy atom. The first kappa shape index (κ1) is 14.3. The number of piperidine rings is 1. The van der Waals surface area contributed by atoms with Gasteiger partial charge in [-0.15, -0.1) is 0 Å². The van der Waals surface area contributed by atoms with Crippen LogP contribution >= 0.6 is 0 Å². The number of likely N-dealkylation sites (tertiary alicyclic amines) is 1. The number of hydrogen-bond acceptors (Lipinski definition) is 2. The van der Waals surface area contributed by atoms with Crippen molar-refractivity contribution in [1.82, 2.24) is 4.90 Å². The molecule has 0 spiro atoms. The highest BCUT2D eigenvalue weighted by Crippen LogP contribution is 2.41. The molecule has 2 unspecified atom stereocenters. The topological polar surface area (TPSA) is 23.5 Å². The van der Waals surface area contributed by atoms with Crippen molar-refractivity contribution in [1.29, 1.82) is 0 Å². The van der Waals surface area contributed by atoms with Crippen LogP contribution in [0.15, 0.2) is 0 Å². The van der Waals surface area contributed by atoms with Crippen molar-refractivity contribution in [2.45, 2.75) is 65.4 Å². The number of aliphatic hydroxyl groups excluding tert-OH is 1. The van der Waals surface area contributed by atoms with E-state index in [1.54, 1.807) is 0 Å². The number of aliphatic hydroxyl groups is 1. The van der Waals surface area contributed by atoms with Gasteiger partial charge in [0.15, 0.2) is 0 Å². The zero-order chi connectivity index (χ0) is 13.2. The standard InChI is InChI=1S/C16H31NO/c1-4-5-13-7-10-17(11-8-13)12-14-6-9-16(2,3)15(14)18/h13-15,18H,4-12H2,1-3H3. The first-order valence-corrected chi connectivity index (χ1v) is 7.93. The van der Waals surface area contributed by atoms with Crippen LogP contribution in [0.1, 0.15) is 59.3 Å². The second-order valence-corrected chi connectivity index (χ2v) is 7.26. The van der Waals surface area contributed by atoms with Gasteiger partial charge in [-0.3, -0.25) is 0 Å². The van der Waals surface area contributed by atoms with Crippen LogP contribution < -0.4 is 0 Å². The maximum absolute atomic E-state index is 10.4. The molecule has 1 heterocycles. The summed E-state index contributed by atoms with van der Waals surface area (Å²) in [5.41, 5.74) is 0.144. The molecule has 2 aliphatic rings. The average molecular weight is 253 g/mol. The van der Waals surface area contributed by atoms with E-state index < -0.39 is 0 Å². The summed E-state index contributed by atoms with van der Waals surface area (Å²) in [7, 11) is 0. The number of hydrogen-bond donors (Lipinski definition) is 1. The van der Waals surface area contributed by atoms with Crippen molar-refractivity contribution in [3.05, 3.63) is 0 Å². The third kappa shape index (κ3) is 3.27. The van der Waals surface area contributed by atoms with Crippen molar-refractivity contribution < 1.29 is 5.11 Å². The van der Waals surface area contributed by atoms with Crippen LogP contribution in [0.2, 0.25) is 0 Å². The lowest BCUT2D eigenvalue weighted by atomic mass is 9.87. The lowest BCUT2D eigenvalue weighted by Gasteiger charge is -2.35. The average Bonchev–Trinajstić information content (AvgIpc) is 2.59. The van der Waals surface area contributed by atoms with Gasteiger partial charge in [-0.1, -0.05) is 33.6 Å². The Labute approximate surface area is 113 Å². The summed E-state index contributed by atoms with van der Waals surface area (Å²) < 4.78 is 0. The molecular weight excluding hydrogens is 222 g/mol. The molecule has 0 aromatic heterocycles. The Hall–Kier alpha value is -0.0800. The van der Waals surface area contributed by atoms with Gasteiger partial charge in [0.05, 0.1) is 6.10 Å². The molecule has 2 nitrogen and oxygen atoms in total. The minimum Gasteiger partial charge on any atom is -0.392 e. The molecule has 1 saturated carbocycles. The van der Waals surface area contributed by atoms with E-state index in [4.69, 9.17) is 0 Å². The summed E-state index contributed by atoms with van der Waals surface area (Å²) in [4.78, 5) is 2.60. The highest BCUT2D eigenvalue weighted by Gasteiger charge is 2.41. The fourth-order valence-electron chi connectivity index (χ4n) is 3.89. The van der Waals surface area contributed by atoms with Crippen molar-refractivity contribution in [2.24, 2.45) is 17.3 Å². The first-order valence-electron chi connectivity index (χ1n) is 7.93. The summed E-state index contributed by atoms with van der Waals surface area (Å²) in [6, 6.07) is 0. The zero-order valence-corrected chi connectivity index (χ0v) is 12.5. The smallest absolute Gasteiger partial charge is 0.0631 e. The van der Waals surface area contributed by atoms with Crippen molar-refractivity contribution in [3.63, 3.8) is 0 Å². The largest absolute Gasteiger partial charge is 0.392 e. The van der Waals surface area contributed by atoms with Gasteiger partial charge in [-0.2, -0.15) is 0 Å². The second-order valence-electron chi connectivity index (χ2n) is 7.26. The van der Waals surface area contributed by atoms with E-state index in [2.05, 4.69) is 25.7 Å². The maximum atomic E-state index is 10.4. The minimum absolute atomic E-state index is 0.0918. The van der Waals surface area contributed by atoms with Gasteiger partial charge in [0.2, 0.25) is 0 Å². The van der Waals surface area contributed by atoms with Crippen LogP contribution in [0.5, 0.6) is 0 Å². The third-order valence-corrected chi connectivity index (χ3v) is 5.30. The molecule has 18 heavy (non-hydrogen) atoms. The molecule has 2 heteroatoms. The summed E-state index contributed by atoms with van der Waals surface area (Å²) in [6.07, 6.45) is 7.80. The quantitative estimate of drug-likeness (QED) is 0.831. The highest BCUT2D eigenvalue weighted by molar-refractivity contribution is 4.92. The monoisotopic (exact) mass is 253 g/mol. The van der Waals surface area contributed by atoms with Crippen molar-refractivity contribution in [3.8, 4) is 0 Å². The molecule has 2 fully saturated rings. The second kappa shape index (κ2) is 5.92. The molecule has 2 atom stereocenters. The van der Waals surface area contributed by atoms with E-state index >= 15 is 0 Å². The third-order valence-electron chi connectivity index (χ3n) is 5.30. The van der Waals surface area contributed by atoms with Crippen molar-refractivity contribution >= 4 is 0 Å². The van der Waals surface area contributed by atoms with Gasteiger partial charge < -0.3 is 10.0 Å². The molecule has 1 aliphatic carbocycles. The van der Waals surface area contributed by atoms with E-state index in [-0.39, 0.29) is 11.5 Å². The molecule has 106 valence electrons. The molecule has 0 aromatic carbocycles. The fraction of sp³-hybridized carbons (Fsp3) is 1.00. The molecule has 1 N–H and O–H groups in total. The van der Waals surface area contributed by atoms with Gasteiger partial charge in [0.25, 0.3) is 0 Å². The molecule has 2 rings (SSSR count). The fourth-order valence-corrected chi connectivity index (χ4v) is 3.89. The minimum atomic E-state index is -0.0918. The van der Waals surface area contributed by atoms with Crippen LogP contribution in [0.4, 0.5) is 0 Å². The predicted molar refractivity (Wildman–Crippen MR) is 76.6 cm³/mol. The summed E-state index contributed by atoms with van der Waals surface area (Å²) >= 11 is 0. The number of rotatable bonds is 4. The molecule has 1 aliphatic heterocycles. The van der Waals surface area contributed by atoms with Gasteiger partial charge >= 0.3 is 0 Å². The van der Waals surface area contributed by atoms with E-state index in [1.165, 1.54) is 51.6 Å². The lowest BCUT2D eigenvalue weighted by molar-refractivity contribution is 0.0276. The normalized spacial score (nSPS) is 34.0. The van der Waals surface area contributed by atoms with Gasteiger partial charge in [-0.25, -0.2) is 0 Å². The molecule has 1 saturated heterocycles. The molecule has 0 radical (unpaired) electrons. The van der Waals surface area contributed by atoms with Gasteiger partial charge in [-0.05, 0) is 56.0 Å². The predicted octanol–water partition coefficient (Wildman–Crippen LogP) is 3.30. The van der Waals surface area contributed by atoms with E-state index in [0.717, 1.165) is 12.5 Å². The van der Waals surface area contributed by atoms with Crippen molar-refractivity contribution in [2.75, 3.05) is 19.6 Å². The Morgan fingerprint density at radius 3 is 2.33 bits per heavy atom. The Morgan fingerprint density at radius 2 is 1.83 bits per heavy atom. The van der Waals surface area contributed by atoms with E-state index in [9.17, 15) is 5.11 Å². The van der Waals surface area contributed by atoms with Crippen LogP contribution in [0.25, 0.3) is 0 Å². The van der Waals surface area contributed by atoms with E-state index in [0.29, 0.717) is 5.92 Å². The Balaban J connectivity index is 1.75. The summed E-state index contributed by atoms with van der Waals surface area (Å²) in [5.74, 6) is 1.49. The highest BCUT2D eigenvalue weighted by atomic mass is 16.3. The summed E-state index contributed by atoms with van der Waals surface area (Å²) in [5, 5.41) is 10.4. The maximum Gasteiger partial charge on any atom is 0.0631 e. The first-order chi connectivity index (χ1) is 8.53. The van der Waals surface area contributed by atoms with Crippen LogP contribution in [-0.4, -0.2) is 35.7 Å². The van der Waals surface area contributed by atoms with E-state index in [1.807, 2.05) is 0 Å². The van der Waals surface area contributed by atoms with Gasteiger partial charge in [0.1, 0.15) is 0 Å². The number of nitrogens with zero attached hydrogens (tertiary/aromatic N) is 1. The lowest BCUT2D eigenvalue weighted by Crippen LogP contribution is -2.40. The Bertz CT molecular complexity index is 256. The van der Waals surface area contributed by atoms with Crippen LogP contribution in [0, 0.1) is 17.3 Å².